The second-order valence-corrected chi connectivity index (χ2v) is 7.97. The summed E-state index contributed by atoms with van der Waals surface area (Å²) >= 11 is 12.1. The third kappa shape index (κ3) is 5.15. The molecule has 3 aromatic rings. The number of anilines is 1. The molecule has 0 radical (unpaired) electrons. The minimum atomic E-state index is -1.50. The van der Waals surface area contributed by atoms with Crippen molar-refractivity contribution in [3.05, 3.63) is 69.2 Å². The molecule has 2 aromatic heterocycles. The fourth-order valence-electron chi connectivity index (χ4n) is 3.13. The second kappa shape index (κ2) is 9.21. The molecule has 3 heterocycles. The molecule has 1 N–H and O–H groups in total. The number of hydrogen-bond donors (Lipinski definition) is 1. The highest BCUT2D eigenvalue weighted by Gasteiger charge is 2.32. The maximum atomic E-state index is 14.7. The van der Waals surface area contributed by atoms with E-state index >= 15 is 0 Å². The van der Waals surface area contributed by atoms with Gasteiger partial charge in [-0.3, -0.25) is 4.79 Å². The Hall–Kier alpha value is -2.68. The van der Waals surface area contributed by atoms with E-state index in [0.29, 0.717) is 41.8 Å². The molecule has 1 saturated heterocycles. The summed E-state index contributed by atoms with van der Waals surface area (Å²) in [5, 5.41) is 7.52. The van der Waals surface area contributed by atoms with E-state index in [0.717, 1.165) is 4.68 Å². The molecule has 0 unspecified atom stereocenters. The second-order valence-electron chi connectivity index (χ2n) is 7.16. The third-order valence-electron chi connectivity index (χ3n) is 4.79. The van der Waals surface area contributed by atoms with Crippen LogP contribution < -0.4 is 15.6 Å². The van der Waals surface area contributed by atoms with Crippen molar-refractivity contribution in [2.24, 2.45) is 0 Å². The Morgan fingerprint density at radius 3 is 2.68 bits per heavy atom. The lowest BCUT2D eigenvalue weighted by Crippen LogP contribution is -2.40. The normalized spacial score (nSPS) is 18.5. The fourth-order valence-corrected chi connectivity index (χ4v) is 3.45. The molecule has 4 rings (SSSR count). The van der Waals surface area contributed by atoms with E-state index in [4.69, 9.17) is 32.7 Å². The maximum absolute atomic E-state index is 14.7. The van der Waals surface area contributed by atoms with Gasteiger partial charge < -0.3 is 14.8 Å². The van der Waals surface area contributed by atoms with Crippen molar-refractivity contribution in [2.45, 2.75) is 18.5 Å². The highest BCUT2D eigenvalue weighted by molar-refractivity contribution is 6.33. The highest BCUT2D eigenvalue weighted by Crippen LogP contribution is 2.26. The first-order valence-electron chi connectivity index (χ1n) is 9.62. The molecule has 1 aliphatic heterocycles. The van der Waals surface area contributed by atoms with Gasteiger partial charge in [-0.15, -0.1) is 0 Å². The van der Waals surface area contributed by atoms with Gasteiger partial charge in [0, 0.05) is 17.7 Å². The largest absolute Gasteiger partial charge is 0.439 e. The number of ether oxygens (including phenoxy) is 2. The summed E-state index contributed by atoms with van der Waals surface area (Å²) in [4.78, 5) is 16.9. The van der Waals surface area contributed by atoms with Gasteiger partial charge >= 0.3 is 0 Å². The Morgan fingerprint density at radius 2 is 2.00 bits per heavy atom. The predicted octanol–water partition coefficient (Wildman–Crippen LogP) is 4.66. The zero-order chi connectivity index (χ0) is 21.8. The lowest BCUT2D eigenvalue weighted by molar-refractivity contribution is -0.0234. The Bertz CT molecular complexity index is 1100. The van der Waals surface area contributed by atoms with Crippen LogP contribution in [0, 0.1) is 0 Å². The molecule has 1 fully saturated rings. The van der Waals surface area contributed by atoms with E-state index in [9.17, 15) is 9.18 Å². The van der Waals surface area contributed by atoms with Crippen LogP contribution in [0.1, 0.15) is 12.8 Å². The number of alkyl halides is 1. The van der Waals surface area contributed by atoms with Gasteiger partial charge in [-0.1, -0.05) is 23.2 Å². The molecule has 31 heavy (non-hydrogen) atoms. The van der Waals surface area contributed by atoms with Crippen LogP contribution in [0.4, 0.5) is 10.1 Å². The van der Waals surface area contributed by atoms with Crippen molar-refractivity contribution < 1.29 is 13.9 Å². The van der Waals surface area contributed by atoms with Crippen LogP contribution in [0.15, 0.2) is 53.6 Å². The van der Waals surface area contributed by atoms with Gasteiger partial charge in [-0.25, -0.2) is 9.37 Å². The van der Waals surface area contributed by atoms with Gasteiger partial charge in [0.1, 0.15) is 10.8 Å². The summed E-state index contributed by atoms with van der Waals surface area (Å²) in [7, 11) is 0. The molecule has 0 amide bonds. The van der Waals surface area contributed by atoms with E-state index in [1.807, 2.05) is 0 Å². The molecule has 0 bridgehead atoms. The van der Waals surface area contributed by atoms with Crippen molar-refractivity contribution >= 4 is 28.9 Å². The third-order valence-corrected chi connectivity index (χ3v) is 5.41. The Labute approximate surface area is 187 Å². The number of nitrogens with zero attached hydrogens (tertiary/aromatic N) is 3. The molecule has 7 nitrogen and oxygen atoms in total. The maximum Gasteiger partial charge on any atom is 0.292 e. The van der Waals surface area contributed by atoms with Crippen molar-refractivity contribution in [3.8, 4) is 17.3 Å². The smallest absolute Gasteiger partial charge is 0.292 e. The van der Waals surface area contributed by atoms with Gasteiger partial charge in [-0.2, -0.15) is 9.78 Å². The number of pyridine rings is 1. The quantitative estimate of drug-likeness (QED) is 0.571. The van der Waals surface area contributed by atoms with E-state index in [2.05, 4.69) is 15.4 Å². The summed E-state index contributed by atoms with van der Waals surface area (Å²) in [6.45, 7) is 0.552. The predicted molar refractivity (Wildman–Crippen MR) is 117 cm³/mol. The van der Waals surface area contributed by atoms with Crippen LogP contribution in [-0.4, -0.2) is 40.2 Å². The summed E-state index contributed by atoms with van der Waals surface area (Å²) in [5.74, 6) is 0.916. The molecule has 0 spiro atoms. The number of rotatable bonds is 6. The number of halogens is 3. The van der Waals surface area contributed by atoms with E-state index in [1.165, 1.54) is 12.4 Å². The summed E-state index contributed by atoms with van der Waals surface area (Å²) in [6.07, 6.45) is 3.86. The van der Waals surface area contributed by atoms with Gasteiger partial charge in [0.15, 0.2) is 5.67 Å². The highest BCUT2D eigenvalue weighted by atomic mass is 35.5. The van der Waals surface area contributed by atoms with Crippen LogP contribution >= 0.6 is 23.2 Å². The van der Waals surface area contributed by atoms with Gasteiger partial charge in [0.25, 0.3) is 5.56 Å². The van der Waals surface area contributed by atoms with Gasteiger partial charge in [0.2, 0.25) is 5.88 Å². The number of benzene rings is 1. The molecule has 1 atom stereocenters. The van der Waals surface area contributed by atoms with Crippen LogP contribution in [0.2, 0.25) is 10.0 Å². The first-order chi connectivity index (χ1) is 14.9. The average Bonchev–Trinajstić information content (AvgIpc) is 2.78. The summed E-state index contributed by atoms with van der Waals surface area (Å²) < 4.78 is 26.6. The van der Waals surface area contributed by atoms with Crippen molar-refractivity contribution in [2.75, 3.05) is 25.1 Å². The van der Waals surface area contributed by atoms with Crippen LogP contribution in [0.3, 0.4) is 0 Å². The zero-order valence-corrected chi connectivity index (χ0v) is 17.9. The van der Waals surface area contributed by atoms with E-state index in [-0.39, 0.29) is 23.9 Å². The molecule has 162 valence electrons. The molecular formula is C21H19Cl2FN4O3. The van der Waals surface area contributed by atoms with Crippen molar-refractivity contribution in [3.63, 3.8) is 0 Å². The molecule has 10 heteroatoms. The Balaban J connectivity index is 1.47. The van der Waals surface area contributed by atoms with Crippen LogP contribution in [-0.2, 0) is 4.74 Å². The monoisotopic (exact) mass is 464 g/mol. The summed E-state index contributed by atoms with van der Waals surface area (Å²) in [5.41, 5.74) is -1.38. The number of nitrogens with one attached hydrogen (secondary N) is 1. The van der Waals surface area contributed by atoms with Crippen molar-refractivity contribution in [1.29, 1.82) is 0 Å². The van der Waals surface area contributed by atoms with E-state index < -0.39 is 11.2 Å². The minimum Gasteiger partial charge on any atom is -0.439 e. The topological polar surface area (TPSA) is 78.3 Å². The average molecular weight is 465 g/mol. The number of aromatic nitrogens is 3. The van der Waals surface area contributed by atoms with Crippen LogP contribution in [0.25, 0.3) is 5.69 Å². The Kier molecular flexibility index (Phi) is 6.41. The standard InChI is InChI=1S/C21H19Cl2FN4O3/c22-14-2-5-16(6-3-14)31-18-7-4-15(10-25-18)28-20(29)19(23)17(11-27-28)26-12-21(24)8-1-9-30-13-21/h2-7,10-11,26H,1,8-9,12-13H2/t21-/m0/s1. The molecule has 0 saturated carbocycles. The molecule has 1 aromatic carbocycles. The Morgan fingerprint density at radius 1 is 1.19 bits per heavy atom. The lowest BCUT2D eigenvalue weighted by Gasteiger charge is -2.29. The fraction of sp³-hybridized carbons (Fsp3) is 0.286. The van der Waals surface area contributed by atoms with Crippen LogP contribution in [0.5, 0.6) is 11.6 Å². The first-order valence-corrected chi connectivity index (χ1v) is 10.4. The SMILES string of the molecule is O=c1c(Cl)c(NC[C@@]2(F)CCCOC2)cnn1-c1ccc(Oc2ccc(Cl)cc2)nc1. The van der Waals surface area contributed by atoms with Crippen molar-refractivity contribution in [1.82, 2.24) is 14.8 Å². The first kappa shape index (κ1) is 21.5. The minimum absolute atomic E-state index is 0.0121. The van der Waals surface area contributed by atoms with Gasteiger partial charge in [0.05, 0.1) is 36.9 Å². The number of hydrogen-bond acceptors (Lipinski definition) is 6. The summed E-state index contributed by atoms with van der Waals surface area (Å²) in [6, 6.07) is 10.1. The van der Waals surface area contributed by atoms with Gasteiger partial charge in [-0.05, 0) is 43.2 Å². The lowest BCUT2D eigenvalue weighted by atomic mass is 9.99. The molecule has 1 aliphatic rings. The molecule has 0 aliphatic carbocycles. The zero-order valence-electron chi connectivity index (χ0n) is 16.4. The molecular weight excluding hydrogens is 446 g/mol. The van der Waals surface area contributed by atoms with E-state index in [1.54, 1.807) is 36.4 Å².